The summed E-state index contributed by atoms with van der Waals surface area (Å²) >= 11 is 0. The lowest BCUT2D eigenvalue weighted by Crippen LogP contribution is -2.44. The second-order valence-electron chi connectivity index (χ2n) is 7.69. The number of guanidine groups is 1. The highest BCUT2D eigenvalue weighted by Gasteiger charge is 2.17. The van der Waals surface area contributed by atoms with Gasteiger partial charge in [-0.05, 0) is 58.3 Å². The van der Waals surface area contributed by atoms with Crippen molar-refractivity contribution in [1.29, 1.82) is 0 Å². The van der Waals surface area contributed by atoms with Crippen LogP contribution in [-0.4, -0.2) is 69.1 Å². The topological polar surface area (TPSA) is 42.9 Å². The fourth-order valence-electron chi connectivity index (χ4n) is 3.55. The highest BCUT2D eigenvalue weighted by atomic mass is 127. The molecule has 2 rings (SSSR count). The molecule has 0 saturated carbocycles. The molecule has 0 amide bonds. The first kappa shape index (κ1) is 24.2. The summed E-state index contributed by atoms with van der Waals surface area (Å²) in [6.45, 7) is 7.64. The molecule has 1 fully saturated rings. The van der Waals surface area contributed by atoms with E-state index in [0.29, 0.717) is 6.04 Å². The lowest BCUT2D eigenvalue weighted by Gasteiger charge is -2.30. The van der Waals surface area contributed by atoms with Crippen LogP contribution in [0, 0.1) is 5.92 Å². The number of rotatable bonds is 8. The van der Waals surface area contributed by atoms with Gasteiger partial charge in [0.15, 0.2) is 5.96 Å². The molecule has 2 atom stereocenters. The summed E-state index contributed by atoms with van der Waals surface area (Å²) in [6, 6.07) is 11.2. The Hall–Kier alpha value is -0.860. The fraction of sp³-hybridized carbons (Fsp3) is 0.667. The minimum absolute atomic E-state index is 0. The SMILES string of the molecule is CN=C(NCCC(C)N(C)Cc1ccccc1)NCC1CCCN(C)C1.I. The molecule has 0 aliphatic carbocycles. The molecule has 2 unspecified atom stereocenters. The Kier molecular flexibility index (Phi) is 11.9. The summed E-state index contributed by atoms with van der Waals surface area (Å²) in [5.41, 5.74) is 1.37. The van der Waals surface area contributed by atoms with E-state index in [1.807, 2.05) is 7.05 Å². The highest BCUT2D eigenvalue weighted by Crippen LogP contribution is 2.13. The van der Waals surface area contributed by atoms with Crippen molar-refractivity contribution < 1.29 is 0 Å². The summed E-state index contributed by atoms with van der Waals surface area (Å²) in [7, 11) is 6.27. The van der Waals surface area contributed by atoms with Crippen LogP contribution in [0.3, 0.4) is 0 Å². The van der Waals surface area contributed by atoms with E-state index in [4.69, 9.17) is 0 Å². The van der Waals surface area contributed by atoms with Gasteiger partial charge in [-0.25, -0.2) is 0 Å². The van der Waals surface area contributed by atoms with Gasteiger partial charge in [0, 0.05) is 39.3 Å². The third-order valence-corrected chi connectivity index (χ3v) is 5.39. The van der Waals surface area contributed by atoms with Crippen LogP contribution in [0.1, 0.15) is 31.7 Å². The number of hydrogen-bond acceptors (Lipinski definition) is 3. The molecule has 154 valence electrons. The molecular weight excluding hydrogens is 449 g/mol. The van der Waals surface area contributed by atoms with Gasteiger partial charge in [0.25, 0.3) is 0 Å². The van der Waals surface area contributed by atoms with E-state index in [1.165, 1.54) is 31.5 Å². The molecule has 1 aliphatic heterocycles. The lowest BCUT2D eigenvalue weighted by molar-refractivity contribution is 0.210. The van der Waals surface area contributed by atoms with E-state index in [0.717, 1.165) is 37.9 Å². The van der Waals surface area contributed by atoms with Gasteiger partial charge in [0.2, 0.25) is 0 Å². The van der Waals surface area contributed by atoms with Crippen molar-refractivity contribution in [3.8, 4) is 0 Å². The number of hydrogen-bond donors (Lipinski definition) is 2. The number of nitrogens with zero attached hydrogens (tertiary/aromatic N) is 3. The maximum atomic E-state index is 4.37. The zero-order valence-corrected chi connectivity index (χ0v) is 19.8. The molecule has 0 aromatic heterocycles. The molecule has 1 heterocycles. The summed E-state index contributed by atoms with van der Waals surface area (Å²) in [5, 5.41) is 6.97. The van der Waals surface area contributed by atoms with Crippen molar-refractivity contribution in [3.63, 3.8) is 0 Å². The maximum Gasteiger partial charge on any atom is 0.190 e. The van der Waals surface area contributed by atoms with E-state index in [-0.39, 0.29) is 24.0 Å². The van der Waals surface area contributed by atoms with Crippen molar-refractivity contribution in [1.82, 2.24) is 20.4 Å². The average Bonchev–Trinajstić information content (AvgIpc) is 2.65. The number of aliphatic imine (C=N–C) groups is 1. The Morgan fingerprint density at radius 2 is 2.04 bits per heavy atom. The van der Waals surface area contributed by atoms with Gasteiger partial charge in [0.05, 0.1) is 0 Å². The smallest absolute Gasteiger partial charge is 0.190 e. The summed E-state index contributed by atoms with van der Waals surface area (Å²) < 4.78 is 0. The van der Waals surface area contributed by atoms with Crippen LogP contribution >= 0.6 is 24.0 Å². The number of piperidine rings is 1. The van der Waals surface area contributed by atoms with Crippen LogP contribution < -0.4 is 10.6 Å². The minimum Gasteiger partial charge on any atom is -0.356 e. The summed E-state index contributed by atoms with van der Waals surface area (Å²) in [4.78, 5) is 9.20. The van der Waals surface area contributed by atoms with E-state index >= 15 is 0 Å². The van der Waals surface area contributed by atoms with Crippen LogP contribution in [0.4, 0.5) is 0 Å². The van der Waals surface area contributed by atoms with E-state index in [9.17, 15) is 0 Å². The van der Waals surface area contributed by atoms with Gasteiger partial charge in [-0.1, -0.05) is 30.3 Å². The molecular formula is C21H38IN5. The van der Waals surface area contributed by atoms with Gasteiger partial charge in [-0.3, -0.25) is 9.89 Å². The first-order valence-corrected chi connectivity index (χ1v) is 9.95. The average molecular weight is 487 g/mol. The lowest BCUT2D eigenvalue weighted by atomic mass is 9.99. The second-order valence-corrected chi connectivity index (χ2v) is 7.69. The quantitative estimate of drug-likeness (QED) is 0.336. The predicted molar refractivity (Wildman–Crippen MR) is 127 cm³/mol. The molecule has 0 spiro atoms. The molecule has 1 saturated heterocycles. The molecule has 1 aliphatic rings. The Morgan fingerprint density at radius 1 is 1.30 bits per heavy atom. The molecule has 0 bridgehead atoms. The zero-order valence-electron chi connectivity index (χ0n) is 17.4. The van der Waals surface area contributed by atoms with Gasteiger partial charge in [0.1, 0.15) is 0 Å². The van der Waals surface area contributed by atoms with Crippen molar-refractivity contribution in [2.24, 2.45) is 10.9 Å². The third kappa shape index (κ3) is 9.25. The van der Waals surface area contributed by atoms with Gasteiger partial charge >= 0.3 is 0 Å². The second kappa shape index (κ2) is 13.3. The molecule has 5 nitrogen and oxygen atoms in total. The minimum atomic E-state index is 0. The van der Waals surface area contributed by atoms with Crippen molar-refractivity contribution in [2.75, 3.05) is 47.3 Å². The molecule has 6 heteroatoms. The van der Waals surface area contributed by atoms with E-state index in [2.05, 4.69) is 76.8 Å². The normalized spacial score (nSPS) is 19.4. The molecule has 1 aromatic carbocycles. The van der Waals surface area contributed by atoms with Crippen LogP contribution in [-0.2, 0) is 6.54 Å². The van der Waals surface area contributed by atoms with E-state index in [1.54, 1.807) is 0 Å². The standard InChI is InChI=1S/C21H37N5.HI/c1-18(26(4)17-19-9-6-5-7-10-19)12-13-23-21(22-2)24-15-20-11-8-14-25(3)16-20;/h5-7,9-10,18,20H,8,11-17H2,1-4H3,(H2,22,23,24);1H. The number of halogens is 1. The van der Waals surface area contributed by atoms with Crippen molar-refractivity contribution >= 4 is 29.9 Å². The van der Waals surface area contributed by atoms with Gasteiger partial charge in [-0.15, -0.1) is 24.0 Å². The van der Waals surface area contributed by atoms with Crippen LogP contribution in [0.15, 0.2) is 35.3 Å². The van der Waals surface area contributed by atoms with E-state index < -0.39 is 0 Å². The Morgan fingerprint density at radius 3 is 2.70 bits per heavy atom. The summed E-state index contributed by atoms with van der Waals surface area (Å²) in [5.74, 6) is 1.65. The fourth-order valence-corrected chi connectivity index (χ4v) is 3.55. The Labute approximate surface area is 183 Å². The Bertz CT molecular complexity index is 537. The number of nitrogens with one attached hydrogen (secondary N) is 2. The summed E-state index contributed by atoms with van der Waals surface area (Å²) in [6.07, 6.45) is 3.71. The largest absolute Gasteiger partial charge is 0.356 e. The Balaban J connectivity index is 0.00000364. The van der Waals surface area contributed by atoms with Crippen LogP contribution in [0.25, 0.3) is 0 Å². The van der Waals surface area contributed by atoms with Crippen molar-refractivity contribution in [3.05, 3.63) is 35.9 Å². The number of benzene rings is 1. The maximum absolute atomic E-state index is 4.37. The van der Waals surface area contributed by atoms with Crippen LogP contribution in [0.5, 0.6) is 0 Å². The molecule has 2 N–H and O–H groups in total. The zero-order chi connectivity index (χ0) is 18.8. The van der Waals surface area contributed by atoms with Gasteiger partial charge < -0.3 is 15.5 Å². The third-order valence-electron chi connectivity index (χ3n) is 5.39. The molecule has 27 heavy (non-hydrogen) atoms. The predicted octanol–water partition coefficient (Wildman–Crippen LogP) is 3.02. The first-order chi connectivity index (χ1) is 12.6. The molecule has 0 radical (unpaired) electrons. The number of likely N-dealkylation sites (tertiary alicyclic amines) is 1. The highest BCUT2D eigenvalue weighted by molar-refractivity contribution is 14.0. The van der Waals surface area contributed by atoms with Crippen molar-refractivity contribution in [2.45, 2.75) is 38.8 Å². The molecule has 1 aromatic rings. The van der Waals surface area contributed by atoms with Gasteiger partial charge in [-0.2, -0.15) is 0 Å². The first-order valence-electron chi connectivity index (χ1n) is 9.95. The van der Waals surface area contributed by atoms with Crippen LogP contribution in [0.2, 0.25) is 0 Å². The monoisotopic (exact) mass is 487 g/mol.